The lowest BCUT2D eigenvalue weighted by atomic mass is 10.3. The summed E-state index contributed by atoms with van der Waals surface area (Å²) in [6.07, 6.45) is 1.42. The Balaban J connectivity index is 2.29. The van der Waals surface area contributed by atoms with Crippen molar-refractivity contribution in [3.05, 3.63) is 16.1 Å². The molecule has 8 heteroatoms. The minimum absolute atomic E-state index is 0.378. The lowest BCUT2D eigenvalue weighted by Gasteiger charge is -2.17. The summed E-state index contributed by atoms with van der Waals surface area (Å²) in [6, 6.07) is 0. The van der Waals surface area contributed by atoms with E-state index in [2.05, 4.69) is 15.0 Å². The molecule has 2 N–H and O–H groups in total. The lowest BCUT2D eigenvalue weighted by Crippen LogP contribution is -2.40. The van der Waals surface area contributed by atoms with Gasteiger partial charge in [0.05, 0.1) is 10.7 Å². The summed E-state index contributed by atoms with van der Waals surface area (Å²) in [4.78, 5) is 4.31. The molecule has 0 aliphatic heterocycles. The largest absolute Gasteiger partial charge is 0.317 e. The molecule has 0 bridgehead atoms. The van der Waals surface area contributed by atoms with E-state index in [9.17, 15) is 8.42 Å². The number of rotatable bonds is 10. The normalized spacial score (nSPS) is 12.2. The molecular formula is C12H24N4O2S2. The number of nitrogens with zero attached hydrogens (tertiary/aromatic N) is 2. The Bertz CT molecular complexity index is 487. The average Bonchev–Trinajstić information content (AvgIpc) is 2.80. The second-order valence-corrected chi connectivity index (χ2v) is 7.46. The molecule has 0 fully saturated rings. The van der Waals surface area contributed by atoms with E-state index in [1.54, 1.807) is 18.4 Å². The minimum atomic E-state index is -3.38. The molecule has 20 heavy (non-hydrogen) atoms. The highest BCUT2D eigenvalue weighted by Gasteiger charge is 2.16. The van der Waals surface area contributed by atoms with Gasteiger partial charge >= 0.3 is 0 Å². The maximum atomic E-state index is 12.0. The zero-order valence-electron chi connectivity index (χ0n) is 12.3. The molecule has 0 atom stereocenters. The summed E-state index contributed by atoms with van der Waals surface area (Å²) in [7, 11) is -1.78. The van der Waals surface area contributed by atoms with E-state index >= 15 is 0 Å². The summed E-state index contributed by atoms with van der Waals surface area (Å²) in [5, 5.41) is 6.14. The van der Waals surface area contributed by atoms with Crippen molar-refractivity contribution < 1.29 is 8.42 Å². The Labute approximate surface area is 125 Å². The van der Waals surface area contributed by atoms with E-state index in [1.807, 2.05) is 19.2 Å². The Morgan fingerprint density at radius 2 is 2.15 bits per heavy atom. The van der Waals surface area contributed by atoms with Crippen LogP contribution in [-0.2, 0) is 16.6 Å². The number of aromatic nitrogens is 1. The molecule has 0 aromatic carbocycles. The van der Waals surface area contributed by atoms with Crippen molar-refractivity contribution in [2.24, 2.45) is 0 Å². The van der Waals surface area contributed by atoms with Gasteiger partial charge in [-0.15, -0.1) is 11.3 Å². The standard InChI is InChI=1S/C12H24N4O2S2/c1-4-13-7-5-9-16(3)20(17,18)14-8-6-12-10-19-11(2)15-12/h10,13-14H,4-9H2,1-3H3. The van der Waals surface area contributed by atoms with E-state index in [-0.39, 0.29) is 0 Å². The zero-order valence-corrected chi connectivity index (χ0v) is 14.0. The quantitative estimate of drug-likeness (QED) is 0.624. The van der Waals surface area contributed by atoms with Crippen LogP contribution < -0.4 is 10.0 Å². The van der Waals surface area contributed by atoms with Gasteiger partial charge < -0.3 is 5.32 Å². The summed E-state index contributed by atoms with van der Waals surface area (Å²) in [6.45, 7) is 6.59. The van der Waals surface area contributed by atoms with Crippen LogP contribution >= 0.6 is 11.3 Å². The van der Waals surface area contributed by atoms with E-state index in [0.29, 0.717) is 19.5 Å². The Morgan fingerprint density at radius 1 is 1.40 bits per heavy atom. The van der Waals surface area contributed by atoms with E-state index in [1.165, 1.54) is 4.31 Å². The molecule has 1 aromatic heterocycles. The van der Waals surface area contributed by atoms with E-state index in [4.69, 9.17) is 0 Å². The third kappa shape index (κ3) is 6.27. The van der Waals surface area contributed by atoms with Crippen LogP contribution in [0.5, 0.6) is 0 Å². The molecule has 0 aliphatic carbocycles. The maximum absolute atomic E-state index is 12.0. The van der Waals surface area contributed by atoms with Crippen LogP contribution in [0.1, 0.15) is 24.0 Å². The lowest BCUT2D eigenvalue weighted by molar-refractivity contribution is 0.446. The molecule has 6 nitrogen and oxygen atoms in total. The Kier molecular flexibility index (Phi) is 7.60. The van der Waals surface area contributed by atoms with Gasteiger partial charge in [-0.25, -0.2) is 9.71 Å². The topological polar surface area (TPSA) is 74.3 Å². The molecule has 1 aromatic rings. The molecule has 0 spiro atoms. The van der Waals surface area contributed by atoms with Crippen LogP contribution in [0.2, 0.25) is 0 Å². The highest BCUT2D eigenvalue weighted by molar-refractivity contribution is 7.87. The van der Waals surface area contributed by atoms with Crippen molar-refractivity contribution in [2.45, 2.75) is 26.7 Å². The van der Waals surface area contributed by atoms with Crippen molar-refractivity contribution in [3.8, 4) is 0 Å². The van der Waals surface area contributed by atoms with Crippen LogP contribution in [0.15, 0.2) is 5.38 Å². The summed E-state index contributed by atoms with van der Waals surface area (Å²) < 4.78 is 27.9. The van der Waals surface area contributed by atoms with Crippen molar-refractivity contribution in [1.29, 1.82) is 0 Å². The summed E-state index contributed by atoms with van der Waals surface area (Å²) in [5.41, 5.74) is 0.935. The van der Waals surface area contributed by atoms with Crippen molar-refractivity contribution in [2.75, 3.05) is 33.2 Å². The highest BCUT2D eigenvalue weighted by Crippen LogP contribution is 2.08. The third-order valence-corrected chi connectivity index (χ3v) is 5.21. The Morgan fingerprint density at radius 3 is 2.75 bits per heavy atom. The van der Waals surface area contributed by atoms with Crippen LogP contribution in [-0.4, -0.2) is 50.9 Å². The molecule has 116 valence electrons. The van der Waals surface area contributed by atoms with Gasteiger partial charge in [0.2, 0.25) is 0 Å². The van der Waals surface area contributed by atoms with Gasteiger partial charge in [-0.05, 0) is 26.4 Å². The second-order valence-electron chi connectivity index (χ2n) is 4.54. The molecule has 0 saturated carbocycles. The van der Waals surface area contributed by atoms with Crippen molar-refractivity contribution in [1.82, 2.24) is 19.3 Å². The number of hydrogen-bond acceptors (Lipinski definition) is 5. The highest BCUT2D eigenvalue weighted by atomic mass is 32.2. The summed E-state index contributed by atoms with van der Waals surface area (Å²) >= 11 is 1.58. The first-order valence-corrected chi connectivity index (χ1v) is 9.10. The van der Waals surface area contributed by atoms with Crippen LogP contribution in [0.3, 0.4) is 0 Å². The van der Waals surface area contributed by atoms with Crippen LogP contribution in [0.4, 0.5) is 0 Å². The van der Waals surface area contributed by atoms with Crippen LogP contribution in [0, 0.1) is 6.92 Å². The minimum Gasteiger partial charge on any atom is -0.317 e. The molecule has 1 rings (SSSR count). The average molecular weight is 320 g/mol. The van der Waals surface area contributed by atoms with Gasteiger partial charge in [0.25, 0.3) is 10.2 Å². The fourth-order valence-corrected chi connectivity index (χ4v) is 3.26. The second kappa shape index (κ2) is 8.68. The van der Waals surface area contributed by atoms with Crippen molar-refractivity contribution in [3.63, 3.8) is 0 Å². The molecule has 0 unspecified atom stereocenters. The van der Waals surface area contributed by atoms with E-state index < -0.39 is 10.2 Å². The summed E-state index contributed by atoms with van der Waals surface area (Å²) in [5.74, 6) is 0. The third-order valence-electron chi connectivity index (χ3n) is 2.82. The van der Waals surface area contributed by atoms with Crippen LogP contribution in [0.25, 0.3) is 0 Å². The first kappa shape index (κ1) is 17.5. The molecule has 0 saturated heterocycles. The van der Waals surface area contributed by atoms with Crippen molar-refractivity contribution >= 4 is 21.5 Å². The number of aryl methyl sites for hydroxylation is 1. The first-order chi connectivity index (χ1) is 9.45. The number of thiazole rings is 1. The van der Waals surface area contributed by atoms with Gasteiger partial charge in [0.1, 0.15) is 0 Å². The Hall–Kier alpha value is -0.540. The van der Waals surface area contributed by atoms with Gasteiger partial charge in [0.15, 0.2) is 0 Å². The van der Waals surface area contributed by atoms with Gasteiger partial charge in [-0.1, -0.05) is 6.92 Å². The first-order valence-electron chi connectivity index (χ1n) is 6.78. The molecular weight excluding hydrogens is 296 g/mol. The van der Waals surface area contributed by atoms with E-state index in [0.717, 1.165) is 30.2 Å². The van der Waals surface area contributed by atoms with Gasteiger partial charge in [-0.3, -0.25) is 0 Å². The smallest absolute Gasteiger partial charge is 0.279 e. The SMILES string of the molecule is CCNCCCN(C)S(=O)(=O)NCCc1csc(C)n1. The number of nitrogens with one attached hydrogen (secondary N) is 2. The molecule has 1 heterocycles. The molecule has 0 aliphatic rings. The molecule has 0 amide bonds. The fraction of sp³-hybridized carbons (Fsp3) is 0.750. The monoisotopic (exact) mass is 320 g/mol. The van der Waals surface area contributed by atoms with Gasteiger partial charge in [-0.2, -0.15) is 12.7 Å². The van der Waals surface area contributed by atoms with Gasteiger partial charge in [0, 0.05) is 31.9 Å². The zero-order chi connectivity index (χ0) is 15.0. The fourth-order valence-electron chi connectivity index (χ4n) is 1.67. The predicted molar refractivity (Wildman–Crippen MR) is 83.3 cm³/mol. The predicted octanol–water partition coefficient (Wildman–Crippen LogP) is 0.760. The maximum Gasteiger partial charge on any atom is 0.279 e. The molecule has 0 radical (unpaired) electrons. The number of hydrogen-bond donors (Lipinski definition) is 2.